The molecule has 9 heteroatoms. The predicted molar refractivity (Wildman–Crippen MR) is 95.9 cm³/mol. The number of fused-ring (bicyclic) bond motifs is 4. The van der Waals surface area contributed by atoms with E-state index in [9.17, 15) is 14.4 Å². The van der Waals surface area contributed by atoms with Crippen LogP contribution in [0.2, 0.25) is 0 Å². The Hall–Kier alpha value is -2.97. The normalized spacial score (nSPS) is 23.6. The predicted octanol–water partition coefficient (Wildman–Crippen LogP) is -0.237. The van der Waals surface area contributed by atoms with E-state index < -0.39 is 6.04 Å². The molecule has 0 saturated carbocycles. The topological polar surface area (TPSA) is 102 Å². The molecule has 2 aromatic rings. The van der Waals surface area contributed by atoms with E-state index in [1.54, 1.807) is 33.5 Å². The van der Waals surface area contributed by atoms with Gasteiger partial charge in [-0.1, -0.05) is 6.07 Å². The molecule has 0 aliphatic carbocycles. The van der Waals surface area contributed by atoms with Gasteiger partial charge in [-0.25, -0.2) is 4.98 Å². The summed E-state index contributed by atoms with van der Waals surface area (Å²) in [5, 5.41) is 6.93. The van der Waals surface area contributed by atoms with Gasteiger partial charge in [-0.15, -0.1) is 0 Å². The van der Waals surface area contributed by atoms with Crippen LogP contribution >= 0.6 is 0 Å². The largest absolute Gasteiger partial charge is 0.352 e. The zero-order chi connectivity index (χ0) is 19.0. The molecule has 1 saturated heterocycles. The van der Waals surface area contributed by atoms with E-state index >= 15 is 0 Å². The molecule has 9 nitrogen and oxygen atoms in total. The maximum absolute atomic E-state index is 13.0. The Morgan fingerprint density at radius 2 is 2.15 bits per heavy atom. The van der Waals surface area contributed by atoms with Gasteiger partial charge in [0.25, 0.3) is 5.56 Å². The highest BCUT2D eigenvalue weighted by atomic mass is 16.2. The van der Waals surface area contributed by atoms with Gasteiger partial charge in [-0.2, -0.15) is 5.10 Å². The van der Waals surface area contributed by atoms with Crippen molar-refractivity contribution in [2.45, 2.75) is 31.8 Å². The number of amides is 2. The molecule has 0 aromatic carbocycles. The third kappa shape index (κ3) is 3.24. The second kappa shape index (κ2) is 6.98. The minimum atomic E-state index is -0.608. The third-order valence-electron chi connectivity index (χ3n) is 5.47. The monoisotopic (exact) mass is 370 g/mol. The molecule has 2 aliphatic heterocycles. The van der Waals surface area contributed by atoms with Crippen LogP contribution in [0.15, 0.2) is 35.6 Å². The quantitative estimate of drug-likeness (QED) is 0.801. The summed E-state index contributed by atoms with van der Waals surface area (Å²) in [5.41, 5.74) is 0.663. The molecule has 4 heterocycles. The number of aromatic nitrogens is 4. The summed E-state index contributed by atoms with van der Waals surface area (Å²) in [4.78, 5) is 43.2. The Morgan fingerprint density at radius 1 is 1.30 bits per heavy atom. The maximum Gasteiger partial charge on any atom is 0.251 e. The highest BCUT2D eigenvalue weighted by Gasteiger charge is 2.44. The Kier molecular flexibility index (Phi) is 4.51. The molecular formula is C18H22N6O3. The molecule has 2 aliphatic rings. The SMILES string of the molecule is CC(=O)N1C[C@H]2C[C@@H](C1)[C@H](C(=O)NCCn1cncn1)n1c2cccc1=O. The van der Waals surface area contributed by atoms with Crippen LogP contribution in [-0.4, -0.2) is 55.7 Å². The lowest BCUT2D eigenvalue weighted by molar-refractivity contribution is -0.135. The van der Waals surface area contributed by atoms with Gasteiger partial charge < -0.3 is 10.2 Å². The maximum atomic E-state index is 13.0. The molecule has 142 valence electrons. The first-order chi connectivity index (χ1) is 13.0. The molecule has 0 radical (unpaired) electrons. The number of piperidine rings is 1. The first-order valence-corrected chi connectivity index (χ1v) is 9.11. The molecule has 3 atom stereocenters. The highest BCUT2D eigenvalue weighted by molar-refractivity contribution is 5.81. The van der Waals surface area contributed by atoms with Crippen molar-refractivity contribution in [3.63, 3.8) is 0 Å². The average Bonchev–Trinajstić information content (AvgIpc) is 3.16. The zero-order valence-electron chi connectivity index (χ0n) is 15.1. The Morgan fingerprint density at radius 3 is 2.89 bits per heavy atom. The molecule has 2 aromatic heterocycles. The first kappa shape index (κ1) is 17.4. The number of pyridine rings is 1. The van der Waals surface area contributed by atoms with E-state index in [0.29, 0.717) is 26.2 Å². The van der Waals surface area contributed by atoms with Gasteiger partial charge in [0, 0.05) is 50.2 Å². The molecule has 1 N–H and O–H groups in total. The second-order valence-corrected chi connectivity index (χ2v) is 7.17. The molecule has 4 rings (SSSR count). The number of carbonyl (C=O) groups excluding carboxylic acids is 2. The number of hydrogen-bond acceptors (Lipinski definition) is 5. The summed E-state index contributed by atoms with van der Waals surface area (Å²) in [7, 11) is 0. The molecule has 2 bridgehead atoms. The van der Waals surface area contributed by atoms with Gasteiger partial charge in [0.15, 0.2) is 0 Å². The molecule has 1 fully saturated rings. The minimum absolute atomic E-state index is 0.00164. The van der Waals surface area contributed by atoms with Crippen LogP contribution < -0.4 is 10.9 Å². The highest BCUT2D eigenvalue weighted by Crippen LogP contribution is 2.41. The summed E-state index contributed by atoms with van der Waals surface area (Å²) in [6, 6.07) is 4.49. The summed E-state index contributed by atoms with van der Waals surface area (Å²) < 4.78 is 3.26. The molecule has 27 heavy (non-hydrogen) atoms. The summed E-state index contributed by atoms with van der Waals surface area (Å²) >= 11 is 0. The lowest BCUT2D eigenvalue weighted by Crippen LogP contribution is -2.54. The summed E-state index contributed by atoms with van der Waals surface area (Å²) in [6.07, 6.45) is 3.83. The number of nitrogens with zero attached hydrogens (tertiary/aromatic N) is 5. The number of nitrogens with one attached hydrogen (secondary N) is 1. The Balaban J connectivity index is 1.60. The van der Waals surface area contributed by atoms with Gasteiger partial charge in [-0.3, -0.25) is 23.6 Å². The Bertz CT molecular complexity index is 906. The van der Waals surface area contributed by atoms with Crippen molar-refractivity contribution in [2.24, 2.45) is 5.92 Å². The van der Waals surface area contributed by atoms with E-state index in [0.717, 1.165) is 12.1 Å². The first-order valence-electron chi connectivity index (χ1n) is 9.11. The van der Waals surface area contributed by atoms with Crippen molar-refractivity contribution in [3.05, 3.63) is 46.9 Å². The second-order valence-electron chi connectivity index (χ2n) is 7.17. The van der Waals surface area contributed by atoms with Crippen LogP contribution in [-0.2, 0) is 16.1 Å². The van der Waals surface area contributed by atoms with Crippen molar-refractivity contribution in [2.75, 3.05) is 19.6 Å². The van der Waals surface area contributed by atoms with Gasteiger partial charge >= 0.3 is 0 Å². The fourth-order valence-electron chi connectivity index (χ4n) is 4.27. The van der Waals surface area contributed by atoms with E-state index in [1.807, 2.05) is 6.07 Å². The average molecular weight is 370 g/mol. The number of hydrogen-bond donors (Lipinski definition) is 1. The van der Waals surface area contributed by atoms with Gasteiger partial charge in [0.1, 0.15) is 18.7 Å². The van der Waals surface area contributed by atoms with Crippen LogP contribution in [0.4, 0.5) is 0 Å². The summed E-state index contributed by atoms with van der Waals surface area (Å²) in [6.45, 7) is 3.53. The van der Waals surface area contributed by atoms with E-state index in [1.165, 1.54) is 12.4 Å². The third-order valence-corrected chi connectivity index (χ3v) is 5.47. The van der Waals surface area contributed by atoms with E-state index in [-0.39, 0.29) is 29.2 Å². The fraction of sp³-hybridized carbons (Fsp3) is 0.500. The number of likely N-dealkylation sites (tertiary alicyclic amines) is 1. The van der Waals surface area contributed by atoms with E-state index in [4.69, 9.17) is 0 Å². The smallest absolute Gasteiger partial charge is 0.251 e. The van der Waals surface area contributed by atoms with Gasteiger partial charge in [0.2, 0.25) is 11.8 Å². The van der Waals surface area contributed by atoms with Crippen molar-refractivity contribution in [3.8, 4) is 0 Å². The van der Waals surface area contributed by atoms with Crippen molar-refractivity contribution in [1.29, 1.82) is 0 Å². The molecule has 0 spiro atoms. The molecular weight excluding hydrogens is 348 g/mol. The number of rotatable bonds is 4. The Labute approximate surface area is 156 Å². The minimum Gasteiger partial charge on any atom is -0.352 e. The van der Waals surface area contributed by atoms with Crippen LogP contribution in [0.25, 0.3) is 0 Å². The van der Waals surface area contributed by atoms with Crippen LogP contribution in [0.1, 0.15) is 31.0 Å². The number of carbonyl (C=O) groups is 2. The van der Waals surface area contributed by atoms with Crippen LogP contribution in [0.5, 0.6) is 0 Å². The van der Waals surface area contributed by atoms with Crippen molar-refractivity contribution in [1.82, 2.24) is 29.5 Å². The van der Waals surface area contributed by atoms with Crippen LogP contribution in [0.3, 0.4) is 0 Å². The van der Waals surface area contributed by atoms with Crippen molar-refractivity contribution < 1.29 is 9.59 Å². The van der Waals surface area contributed by atoms with Gasteiger partial charge in [0.05, 0.1) is 6.54 Å². The lowest BCUT2D eigenvalue weighted by Gasteiger charge is -2.46. The molecule has 2 amide bonds. The standard InChI is InChI=1S/C18H22N6O3/c1-12(25)22-8-13-7-14(9-22)17(24-15(13)3-2-4-16(24)26)18(27)20-5-6-23-11-19-10-21-23/h2-4,10-11,13-14,17H,5-9H2,1H3,(H,20,27)/t13-,14+,17-/m1/s1. The zero-order valence-corrected chi connectivity index (χ0v) is 15.1. The summed E-state index contributed by atoms with van der Waals surface area (Å²) in [5.74, 6) is -0.187. The van der Waals surface area contributed by atoms with E-state index in [2.05, 4.69) is 15.4 Å². The fourth-order valence-corrected chi connectivity index (χ4v) is 4.27. The van der Waals surface area contributed by atoms with Crippen molar-refractivity contribution >= 4 is 11.8 Å². The van der Waals surface area contributed by atoms with Gasteiger partial charge in [-0.05, 0) is 12.5 Å². The lowest BCUT2D eigenvalue weighted by atomic mass is 9.78. The van der Waals surface area contributed by atoms with Crippen LogP contribution in [0, 0.1) is 5.92 Å². The molecule has 0 unspecified atom stereocenters.